The van der Waals surface area contributed by atoms with Crippen LogP contribution in [0, 0.1) is 0 Å². The minimum atomic E-state index is -0.00523. The van der Waals surface area contributed by atoms with Gasteiger partial charge in [0, 0.05) is 6.04 Å². The molecule has 0 amide bonds. The van der Waals surface area contributed by atoms with Gasteiger partial charge in [-0.2, -0.15) is 0 Å². The number of nitrogens with zero attached hydrogens (tertiary/aromatic N) is 1. The van der Waals surface area contributed by atoms with Crippen molar-refractivity contribution in [3.8, 4) is 0 Å². The molecule has 0 bridgehead atoms. The molecule has 0 spiro atoms. The zero-order chi connectivity index (χ0) is 7.68. The van der Waals surface area contributed by atoms with E-state index in [1.165, 1.54) is 32.4 Å². The maximum absolute atomic E-state index is 9.42. The summed E-state index contributed by atoms with van der Waals surface area (Å²) in [5.41, 5.74) is 0. The molecule has 2 aliphatic rings. The molecule has 1 aliphatic carbocycles. The fraction of sp³-hybridized carbons (Fsp3) is 1.00. The Morgan fingerprint density at radius 1 is 1.09 bits per heavy atom. The number of hydrogen-bond acceptors (Lipinski definition) is 2. The Labute approximate surface area is 68.2 Å². The molecule has 2 fully saturated rings. The third-order valence-corrected chi connectivity index (χ3v) is 3.03. The van der Waals surface area contributed by atoms with Gasteiger partial charge < -0.3 is 10.0 Å². The Morgan fingerprint density at radius 3 is 2.45 bits per heavy atom. The van der Waals surface area contributed by atoms with E-state index in [1.807, 2.05) is 0 Å². The molecule has 64 valence electrons. The molecule has 2 rings (SSSR count). The van der Waals surface area contributed by atoms with E-state index in [2.05, 4.69) is 4.90 Å². The largest absolute Gasteiger partial charge is 0.393 e. The summed E-state index contributed by atoms with van der Waals surface area (Å²) >= 11 is 0. The van der Waals surface area contributed by atoms with Crippen molar-refractivity contribution in [1.82, 2.24) is 4.90 Å². The fourth-order valence-electron chi connectivity index (χ4n) is 2.18. The highest BCUT2D eigenvalue weighted by atomic mass is 16.3. The lowest BCUT2D eigenvalue weighted by Crippen LogP contribution is -2.47. The topological polar surface area (TPSA) is 23.5 Å². The number of aliphatic hydroxyl groups excluding tert-OH is 1. The quantitative estimate of drug-likeness (QED) is 0.610. The first-order valence-electron chi connectivity index (χ1n) is 4.78. The van der Waals surface area contributed by atoms with E-state index in [0.717, 1.165) is 12.8 Å². The summed E-state index contributed by atoms with van der Waals surface area (Å²) in [6.45, 7) is 2.55. The molecule has 11 heavy (non-hydrogen) atoms. The van der Waals surface area contributed by atoms with Crippen molar-refractivity contribution in [2.75, 3.05) is 13.1 Å². The van der Waals surface area contributed by atoms with Crippen LogP contribution in [-0.2, 0) is 0 Å². The van der Waals surface area contributed by atoms with Crippen LogP contribution < -0.4 is 0 Å². The monoisotopic (exact) mass is 155 g/mol. The predicted octanol–water partition coefficient (Wildman–Crippen LogP) is 0.996. The molecule has 0 aromatic heterocycles. The zero-order valence-corrected chi connectivity index (χ0v) is 7.00. The average Bonchev–Trinajstić information content (AvgIpc) is 1.83. The van der Waals surface area contributed by atoms with Crippen molar-refractivity contribution in [2.24, 2.45) is 0 Å². The maximum atomic E-state index is 9.42. The van der Waals surface area contributed by atoms with Crippen LogP contribution in [0.3, 0.4) is 0 Å². The highest BCUT2D eigenvalue weighted by Gasteiger charge is 2.28. The van der Waals surface area contributed by atoms with E-state index in [1.54, 1.807) is 0 Å². The molecule has 1 aliphatic heterocycles. The lowest BCUT2D eigenvalue weighted by atomic mass is 9.90. The lowest BCUT2D eigenvalue weighted by molar-refractivity contribution is 0.0329. The van der Waals surface area contributed by atoms with Gasteiger partial charge in [0.05, 0.1) is 6.10 Å². The molecule has 2 nitrogen and oxygen atoms in total. The predicted molar refractivity (Wildman–Crippen MR) is 44.5 cm³/mol. The molecule has 1 N–H and O–H groups in total. The smallest absolute Gasteiger partial charge is 0.0555 e. The summed E-state index contributed by atoms with van der Waals surface area (Å²) < 4.78 is 0. The van der Waals surface area contributed by atoms with Gasteiger partial charge in [-0.05, 0) is 45.2 Å². The lowest BCUT2D eigenvalue weighted by Gasteiger charge is -2.41. The molecule has 0 aromatic rings. The first-order valence-corrected chi connectivity index (χ1v) is 4.78. The van der Waals surface area contributed by atoms with Gasteiger partial charge in [-0.25, -0.2) is 0 Å². The van der Waals surface area contributed by atoms with Crippen molar-refractivity contribution in [3.63, 3.8) is 0 Å². The maximum Gasteiger partial charge on any atom is 0.0555 e. The highest BCUT2D eigenvalue weighted by Crippen LogP contribution is 2.25. The molecule has 2 unspecified atom stereocenters. The van der Waals surface area contributed by atoms with Crippen molar-refractivity contribution in [1.29, 1.82) is 0 Å². The number of likely N-dealkylation sites (tertiary alicyclic amines) is 1. The molecular formula is C9H17NO. The molecule has 0 radical (unpaired) electrons. The summed E-state index contributed by atoms with van der Waals surface area (Å²) in [6.07, 6.45) is 5.96. The van der Waals surface area contributed by atoms with E-state index >= 15 is 0 Å². The fourth-order valence-corrected chi connectivity index (χ4v) is 2.18. The van der Waals surface area contributed by atoms with Gasteiger partial charge in [0.15, 0.2) is 0 Å². The Balaban J connectivity index is 1.82. The molecule has 1 saturated carbocycles. The van der Waals surface area contributed by atoms with Crippen molar-refractivity contribution in [3.05, 3.63) is 0 Å². The SMILES string of the molecule is OC1CCCC(N2CCC2)C1. The molecule has 1 heterocycles. The standard InChI is InChI=1S/C9H17NO/c11-9-4-1-3-8(7-9)10-5-2-6-10/h8-9,11H,1-7H2. The van der Waals surface area contributed by atoms with Crippen LogP contribution in [0.4, 0.5) is 0 Å². The van der Waals surface area contributed by atoms with Gasteiger partial charge in [-0.1, -0.05) is 0 Å². The first kappa shape index (κ1) is 7.56. The Hall–Kier alpha value is -0.0800. The van der Waals surface area contributed by atoms with Crippen LogP contribution in [0.25, 0.3) is 0 Å². The van der Waals surface area contributed by atoms with E-state index < -0.39 is 0 Å². The summed E-state index contributed by atoms with van der Waals surface area (Å²) in [6, 6.07) is 0.715. The van der Waals surface area contributed by atoms with Gasteiger partial charge in [0.2, 0.25) is 0 Å². The van der Waals surface area contributed by atoms with Gasteiger partial charge in [0.1, 0.15) is 0 Å². The van der Waals surface area contributed by atoms with Crippen LogP contribution in [0.5, 0.6) is 0 Å². The Morgan fingerprint density at radius 2 is 1.91 bits per heavy atom. The van der Waals surface area contributed by atoms with Crippen LogP contribution in [0.2, 0.25) is 0 Å². The van der Waals surface area contributed by atoms with Gasteiger partial charge in [-0.3, -0.25) is 0 Å². The van der Waals surface area contributed by atoms with E-state index in [9.17, 15) is 5.11 Å². The normalized spacial score (nSPS) is 40.1. The number of hydrogen-bond donors (Lipinski definition) is 1. The van der Waals surface area contributed by atoms with Gasteiger partial charge in [-0.15, -0.1) is 0 Å². The van der Waals surface area contributed by atoms with Crippen molar-refractivity contribution >= 4 is 0 Å². The van der Waals surface area contributed by atoms with Crippen LogP contribution in [0.1, 0.15) is 32.1 Å². The molecule has 2 atom stereocenters. The van der Waals surface area contributed by atoms with Crippen LogP contribution in [0.15, 0.2) is 0 Å². The molecule has 0 aromatic carbocycles. The van der Waals surface area contributed by atoms with E-state index in [-0.39, 0.29) is 6.10 Å². The average molecular weight is 155 g/mol. The molecular weight excluding hydrogens is 138 g/mol. The third-order valence-electron chi connectivity index (χ3n) is 3.03. The Kier molecular flexibility index (Phi) is 2.14. The number of aliphatic hydroxyl groups is 1. The summed E-state index contributed by atoms with van der Waals surface area (Å²) in [5, 5.41) is 9.42. The van der Waals surface area contributed by atoms with E-state index in [4.69, 9.17) is 0 Å². The van der Waals surface area contributed by atoms with Crippen LogP contribution in [-0.4, -0.2) is 35.2 Å². The summed E-state index contributed by atoms with van der Waals surface area (Å²) in [4.78, 5) is 2.52. The summed E-state index contributed by atoms with van der Waals surface area (Å²) in [7, 11) is 0. The zero-order valence-electron chi connectivity index (χ0n) is 7.00. The second-order valence-electron chi connectivity index (χ2n) is 3.86. The minimum absolute atomic E-state index is 0.00523. The summed E-state index contributed by atoms with van der Waals surface area (Å²) in [5.74, 6) is 0. The van der Waals surface area contributed by atoms with Crippen LogP contribution >= 0.6 is 0 Å². The molecule has 2 heteroatoms. The van der Waals surface area contributed by atoms with Gasteiger partial charge >= 0.3 is 0 Å². The number of rotatable bonds is 1. The molecule has 1 saturated heterocycles. The first-order chi connectivity index (χ1) is 5.36. The minimum Gasteiger partial charge on any atom is -0.393 e. The van der Waals surface area contributed by atoms with Crippen molar-refractivity contribution < 1.29 is 5.11 Å². The Bertz CT molecular complexity index is 134. The second-order valence-corrected chi connectivity index (χ2v) is 3.86. The van der Waals surface area contributed by atoms with E-state index in [0.29, 0.717) is 6.04 Å². The van der Waals surface area contributed by atoms with Gasteiger partial charge in [0.25, 0.3) is 0 Å². The second kappa shape index (κ2) is 3.11. The van der Waals surface area contributed by atoms with Crippen molar-refractivity contribution in [2.45, 2.75) is 44.2 Å². The third kappa shape index (κ3) is 1.57. The highest BCUT2D eigenvalue weighted by molar-refractivity contribution is 4.83.